The van der Waals surface area contributed by atoms with Crippen LogP contribution in [0.1, 0.15) is 13.8 Å². The van der Waals surface area contributed by atoms with Crippen LogP contribution < -0.4 is 16.4 Å². The van der Waals surface area contributed by atoms with Gasteiger partial charge in [0.25, 0.3) is 0 Å². The van der Waals surface area contributed by atoms with E-state index in [4.69, 9.17) is 5.73 Å². The van der Waals surface area contributed by atoms with Crippen molar-refractivity contribution in [2.24, 2.45) is 11.7 Å². The van der Waals surface area contributed by atoms with E-state index in [2.05, 4.69) is 15.6 Å². The monoisotopic (exact) mass is 372 g/mol. The molecule has 0 aliphatic carbocycles. The highest BCUT2D eigenvalue weighted by Gasteiger charge is 2.17. The second-order valence-electron chi connectivity index (χ2n) is 5.45. The van der Waals surface area contributed by atoms with E-state index in [9.17, 15) is 9.59 Å². The first-order chi connectivity index (χ1) is 10.5. The minimum absolute atomic E-state index is 0. The third-order valence-electron chi connectivity index (χ3n) is 3.32. The summed E-state index contributed by atoms with van der Waals surface area (Å²) in [5.41, 5.74) is 7.15. The van der Waals surface area contributed by atoms with Crippen LogP contribution in [0.2, 0.25) is 0 Å². The van der Waals surface area contributed by atoms with Crippen LogP contribution in [0.5, 0.6) is 0 Å². The van der Waals surface area contributed by atoms with Crippen molar-refractivity contribution < 1.29 is 9.59 Å². The summed E-state index contributed by atoms with van der Waals surface area (Å²) in [5.74, 6) is -0.629. The predicted octanol–water partition coefficient (Wildman–Crippen LogP) is 2.12. The van der Waals surface area contributed by atoms with Crippen molar-refractivity contribution in [1.82, 2.24) is 10.3 Å². The average Bonchev–Trinajstić information content (AvgIpc) is 2.51. The molecule has 0 radical (unpaired) electrons. The number of halogens is 2. The number of fused-ring (bicyclic) bond motifs is 1. The Bertz CT molecular complexity index is 695. The van der Waals surface area contributed by atoms with E-state index in [1.807, 2.05) is 44.2 Å². The molecule has 0 aliphatic heterocycles. The summed E-state index contributed by atoms with van der Waals surface area (Å²) in [6.45, 7) is 3.59. The molecular weight excluding hydrogens is 351 g/mol. The number of anilines is 1. The molecule has 6 nitrogen and oxygen atoms in total. The molecule has 0 saturated heterocycles. The van der Waals surface area contributed by atoms with Gasteiger partial charge in [0, 0.05) is 5.39 Å². The fraction of sp³-hybridized carbons (Fsp3) is 0.312. The highest BCUT2D eigenvalue weighted by molar-refractivity contribution is 5.96. The summed E-state index contributed by atoms with van der Waals surface area (Å²) >= 11 is 0. The van der Waals surface area contributed by atoms with Crippen LogP contribution in [0.25, 0.3) is 10.9 Å². The summed E-state index contributed by atoms with van der Waals surface area (Å²) in [7, 11) is 0. The number of hydrogen-bond acceptors (Lipinski definition) is 4. The normalized spacial score (nSPS) is 11.2. The predicted molar refractivity (Wildman–Crippen MR) is 101 cm³/mol. The molecule has 0 unspecified atom stereocenters. The fourth-order valence-corrected chi connectivity index (χ4v) is 1.93. The number of benzene rings is 1. The molecule has 1 aromatic heterocycles. The Labute approximate surface area is 153 Å². The van der Waals surface area contributed by atoms with Gasteiger partial charge in [0.2, 0.25) is 11.8 Å². The number of aromatic nitrogens is 1. The van der Waals surface area contributed by atoms with Crippen LogP contribution in [0.3, 0.4) is 0 Å². The molecule has 0 aliphatic rings. The lowest BCUT2D eigenvalue weighted by Gasteiger charge is -2.15. The zero-order chi connectivity index (χ0) is 16.1. The Kier molecular flexibility index (Phi) is 9.28. The van der Waals surface area contributed by atoms with Crippen LogP contribution >= 0.6 is 24.8 Å². The summed E-state index contributed by atoms with van der Waals surface area (Å²) in [5, 5.41) is 6.16. The smallest absolute Gasteiger partial charge is 0.243 e. The Morgan fingerprint density at radius 1 is 1.21 bits per heavy atom. The molecule has 0 spiro atoms. The van der Waals surface area contributed by atoms with Crippen molar-refractivity contribution in [2.75, 3.05) is 11.9 Å². The lowest BCUT2D eigenvalue weighted by Crippen LogP contribution is -2.46. The molecule has 0 bridgehead atoms. The van der Waals surface area contributed by atoms with Gasteiger partial charge >= 0.3 is 0 Å². The summed E-state index contributed by atoms with van der Waals surface area (Å²) in [6, 6.07) is 8.84. The van der Waals surface area contributed by atoms with Crippen molar-refractivity contribution in [3.8, 4) is 0 Å². The number of nitrogens with one attached hydrogen (secondary N) is 2. The highest BCUT2D eigenvalue weighted by Crippen LogP contribution is 2.15. The first-order valence-electron chi connectivity index (χ1n) is 7.15. The van der Waals surface area contributed by atoms with Gasteiger partial charge in [0.15, 0.2) is 0 Å². The number of para-hydroxylation sites is 1. The van der Waals surface area contributed by atoms with Gasteiger partial charge in [0.1, 0.15) is 0 Å². The largest absolute Gasteiger partial charge is 0.346 e. The van der Waals surface area contributed by atoms with Crippen LogP contribution in [0, 0.1) is 5.92 Å². The van der Waals surface area contributed by atoms with Gasteiger partial charge in [-0.1, -0.05) is 32.0 Å². The number of carbonyl (C=O) groups excluding carboxylic acids is 2. The standard InChI is InChI=1S/C16H20N4O2.2ClH/c1-10(2)15(17)16(22)19-9-14(21)20-12-7-11-5-3-4-6-13(11)18-8-12;;/h3-8,10,15H,9,17H2,1-2H3,(H,19,22)(H,20,21);2*1H/t15-;;/m0../s1. The Morgan fingerprint density at radius 2 is 1.88 bits per heavy atom. The molecule has 2 rings (SSSR count). The number of carbonyl (C=O) groups is 2. The maximum absolute atomic E-state index is 11.9. The van der Waals surface area contributed by atoms with Crippen molar-refractivity contribution in [3.05, 3.63) is 36.5 Å². The van der Waals surface area contributed by atoms with Gasteiger partial charge in [-0.15, -0.1) is 24.8 Å². The van der Waals surface area contributed by atoms with Gasteiger partial charge < -0.3 is 16.4 Å². The zero-order valence-electron chi connectivity index (χ0n) is 13.5. The van der Waals surface area contributed by atoms with Crippen molar-refractivity contribution in [3.63, 3.8) is 0 Å². The third-order valence-corrected chi connectivity index (χ3v) is 3.32. The number of pyridine rings is 1. The Balaban J connectivity index is 0.00000264. The van der Waals surface area contributed by atoms with E-state index in [0.29, 0.717) is 5.69 Å². The minimum Gasteiger partial charge on any atom is -0.346 e. The molecule has 4 N–H and O–H groups in total. The number of nitrogens with two attached hydrogens (primary N) is 1. The first-order valence-corrected chi connectivity index (χ1v) is 7.15. The van der Waals surface area contributed by atoms with Crippen LogP contribution in [0.15, 0.2) is 36.5 Å². The molecule has 132 valence electrons. The van der Waals surface area contributed by atoms with Crippen LogP contribution in [-0.2, 0) is 9.59 Å². The maximum Gasteiger partial charge on any atom is 0.243 e. The van der Waals surface area contributed by atoms with Gasteiger partial charge in [-0.2, -0.15) is 0 Å². The van der Waals surface area contributed by atoms with Crippen molar-refractivity contribution in [2.45, 2.75) is 19.9 Å². The molecule has 24 heavy (non-hydrogen) atoms. The minimum atomic E-state index is -0.616. The number of nitrogens with zero attached hydrogens (tertiary/aromatic N) is 1. The zero-order valence-corrected chi connectivity index (χ0v) is 15.1. The second kappa shape index (κ2) is 10.1. The van der Waals surface area contributed by atoms with E-state index in [0.717, 1.165) is 10.9 Å². The topological polar surface area (TPSA) is 97.1 Å². The lowest BCUT2D eigenvalue weighted by atomic mass is 10.1. The summed E-state index contributed by atoms with van der Waals surface area (Å²) in [6.07, 6.45) is 1.59. The van der Waals surface area contributed by atoms with Crippen molar-refractivity contribution >= 4 is 53.2 Å². The molecular formula is C16H22Cl2N4O2. The van der Waals surface area contributed by atoms with Gasteiger partial charge in [0.05, 0.1) is 30.0 Å². The first kappa shape index (κ1) is 22.1. The maximum atomic E-state index is 11.9. The fourth-order valence-electron chi connectivity index (χ4n) is 1.93. The van der Waals surface area contributed by atoms with Gasteiger partial charge in [-0.05, 0) is 18.1 Å². The van der Waals surface area contributed by atoms with Crippen LogP contribution in [-0.4, -0.2) is 29.4 Å². The molecule has 8 heteroatoms. The number of rotatable bonds is 5. The van der Waals surface area contributed by atoms with E-state index in [-0.39, 0.29) is 49.1 Å². The summed E-state index contributed by atoms with van der Waals surface area (Å²) < 4.78 is 0. The third kappa shape index (κ3) is 5.96. The Hall–Kier alpha value is -1.89. The molecule has 2 amide bonds. The number of hydrogen-bond donors (Lipinski definition) is 3. The molecule has 1 atom stereocenters. The van der Waals surface area contributed by atoms with Crippen molar-refractivity contribution in [1.29, 1.82) is 0 Å². The van der Waals surface area contributed by atoms with Gasteiger partial charge in [-0.25, -0.2) is 0 Å². The average molecular weight is 373 g/mol. The van der Waals surface area contributed by atoms with E-state index < -0.39 is 6.04 Å². The second-order valence-corrected chi connectivity index (χ2v) is 5.45. The SMILES string of the molecule is CC(C)[C@H](N)C(=O)NCC(=O)Nc1cnc2ccccc2c1.Cl.Cl. The molecule has 0 fully saturated rings. The summed E-state index contributed by atoms with van der Waals surface area (Å²) in [4.78, 5) is 27.8. The van der Waals surface area contributed by atoms with Gasteiger partial charge in [-0.3, -0.25) is 14.6 Å². The van der Waals surface area contributed by atoms with E-state index in [1.165, 1.54) is 0 Å². The molecule has 2 aromatic rings. The number of amides is 2. The Morgan fingerprint density at radius 3 is 2.54 bits per heavy atom. The lowest BCUT2D eigenvalue weighted by molar-refractivity contribution is -0.125. The van der Waals surface area contributed by atoms with E-state index in [1.54, 1.807) is 6.20 Å². The van der Waals surface area contributed by atoms with Crippen LogP contribution in [0.4, 0.5) is 5.69 Å². The molecule has 1 aromatic carbocycles. The quantitative estimate of drug-likeness (QED) is 0.748. The molecule has 0 saturated carbocycles. The molecule has 1 heterocycles. The highest BCUT2D eigenvalue weighted by atomic mass is 35.5. The van der Waals surface area contributed by atoms with E-state index >= 15 is 0 Å².